The zero-order valence-electron chi connectivity index (χ0n) is 12.2. The molecule has 0 bridgehead atoms. The van der Waals surface area contributed by atoms with Gasteiger partial charge in [0.25, 0.3) is 11.6 Å². The van der Waals surface area contributed by atoms with Gasteiger partial charge in [0.15, 0.2) is 0 Å². The fourth-order valence-corrected chi connectivity index (χ4v) is 2.90. The van der Waals surface area contributed by atoms with Crippen LogP contribution in [0.5, 0.6) is 0 Å². The Balaban J connectivity index is 2.06. The number of hydrogen-bond donors (Lipinski definition) is 2. The van der Waals surface area contributed by atoms with Crippen molar-refractivity contribution in [3.63, 3.8) is 0 Å². The number of nitrogen functional groups attached to an aromatic ring is 1. The molecule has 1 aromatic carbocycles. The van der Waals surface area contributed by atoms with E-state index in [1.165, 1.54) is 24.6 Å². The Kier molecular flexibility index (Phi) is 4.77. The topological polar surface area (TPSA) is 98.3 Å². The van der Waals surface area contributed by atoms with Gasteiger partial charge in [0.2, 0.25) is 0 Å². The van der Waals surface area contributed by atoms with E-state index in [-0.39, 0.29) is 28.9 Å². The van der Waals surface area contributed by atoms with Crippen molar-refractivity contribution in [3.8, 4) is 0 Å². The number of nitrogens with one attached hydrogen (secondary N) is 1. The summed E-state index contributed by atoms with van der Waals surface area (Å²) in [5, 5.41) is 13.8. The van der Waals surface area contributed by atoms with Gasteiger partial charge in [-0.1, -0.05) is 26.2 Å². The molecule has 2 unspecified atom stereocenters. The zero-order valence-corrected chi connectivity index (χ0v) is 12.2. The highest BCUT2D eigenvalue weighted by Gasteiger charge is 2.23. The van der Waals surface area contributed by atoms with Crippen molar-refractivity contribution in [1.82, 2.24) is 5.32 Å². The van der Waals surface area contributed by atoms with Gasteiger partial charge in [-0.15, -0.1) is 0 Å². The molecule has 1 aliphatic rings. The lowest BCUT2D eigenvalue weighted by Gasteiger charge is -2.29. The first kappa shape index (κ1) is 15.3. The van der Waals surface area contributed by atoms with Gasteiger partial charge >= 0.3 is 0 Å². The number of carbonyl (C=O) groups is 1. The molecule has 6 nitrogen and oxygen atoms in total. The van der Waals surface area contributed by atoms with Gasteiger partial charge < -0.3 is 11.1 Å². The molecular formula is C15H21N3O3. The SMILES string of the molecule is CCC1CCCC(NC(=O)c2ccc(N)c([N+](=O)[O-])c2)C1. The van der Waals surface area contributed by atoms with E-state index in [0.29, 0.717) is 5.92 Å². The summed E-state index contributed by atoms with van der Waals surface area (Å²) >= 11 is 0. The van der Waals surface area contributed by atoms with Crippen molar-refractivity contribution in [2.75, 3.05) is 5.73 Å². The minimum Gasteiger partial charge on any atom is -0.393 e. The van der Waals surface area contributed by atoms with E-state index < -0.39 is 4.92 Å². The molecule has 0 spiro atoms. The summed E-state index contributed by atoms with van der Waals surface area (Å²) in [6, 6.07) is 4.33. The number of carbonyl (C=O) groups excluding carboxylic acids is 1. The highest BCUT2D eigenvalue weighted by atomic mass is 16.6. The van der Waals surface area contributed by atoms with Gasteiger partial charge in [-0.25, -0.2) is 0 Å². The van der Waals surface area contributed by atoms with Crippen molar-refractivity contribution in [1.29, 1.82) is 0 Å². The Morgan fingerprint density at radius 2 is 2.24 bits per heavy atom. The monoisotopic (exact) mass is 291 g/mol. The zero-order chi connectivity index (χ0) is 15.4. The second kappa shape index (κ2) is 6.56. The van der Waals surface area contributed by atoms with Gasteiger partial charge in [-0.3, -0.25) is 14.9 Å². The molecule has 0 aromatic heterocycles. The van der Waals surface area contributed by atoms with Crippen molar-refractivity contribution >= 4 is 17.3 Å². The number of nitrogens with zero attached hydrogens (tertiary/aromatic N) is 1. The third-order valence-electron chi connectivity index (χ3n) is 4.18. The van der Waals surface area contributed by atoms with Crippen LogP contribution < -0.4 is 11.1 Å². The molecular weight excluding hydrogens is 270 g/mol. The molecule has 1 amide bonds. The second-order valence-electron chi connectivity index (χ2n) is 5.64. The van der Waals surface area contributed by atoms with E-state index in [1.807, 2.05) is 0 Å². The maximum absolute atomic E-state index is 12.2. The van der Waals surface area contributed by atoms with E-state index in [0.717, 1.165) is 25.7 Å². The Labute approximate surface area is 123 Å². The van der Waals surface area contributed by atoms with Crippen molar-refractivity contribution in [3.05, 3.63) is 33.9 Å². The minimum atomic E-state index is -0.570. The van der Waals surface area contributed by atoms with E-state index in [4.69, 9.17) is 5.73 Å². The average Bonchev–Trinajstić information content (AvgIpc) is 2.47. The summed E-state index contributed by atoms with van der Waals surface area (Å²) in [4.78, 5) is 22.5. The third-order valence-corrected chi connectivity index (χ3v) is 4.18. The van der Waals surface area contributed by atoms with Crippen molar-refractivity contribution in [2.24, 2.45) is 5.92 Å². The normalized spacial score (nSPS) is 21.8. The average molecular weight is 291 g/mol. The Hall–Kier alpha value is -2.11. The van der Waals surface area contributed by atoms with Crippen LogP contribution in [0.3, 0.4) is 0 Å². The molecule has 0 aliphatic heterocycles. The van der Waals surface area contributed by atoms with Gasteiger partial charge in [-0.2, -0.15) is 0 Å². The van der Waals surface area contributed by atoms with Gasteiger partial charge in [0.05, 0.1) is 4.92 Å². The number of amides is 1. The summed E-state index contributed by atoms with van der Waals surface area (Å²) in [5.41, 5.74) is 5.67. The number of nitrogens with two attached hydrogens (primary N) is 1. The Morgan fingerprint density at radius 1 is 1.48 bits per heavy atom. The number of rotatable bonds is 4. The lowest BCUT2D eigenvalue weighted by molar-refractivity contribution is -0.383. The van der Waals surface area contributed by atoms with Gasteiger partial charge in [0.1, 0.15) is 5.69 Å². The lowest BCUT2D eigenvalue weighted by atomic mass is 9.84. The van der Waals surface area contributed by atoms with E-state index in [1.54, 1.807) is 0 Å². The minimum absolute atomic E-state index is 0.0697. The van der Waals surface area contributed by atoms with Crippen LogP contribution in [0.25, 0.3) is 0 Å². The highest BCUT2D eigenvalue weighted by molar-refractivity contribution is 5.95. The largest absolute Gasteiger partial charge is 0.393 e. The Morgan fingerprint density at radius 3 is 2.90 bits per heavy atom. The smallest absolute Gasteiger partial charge is 0.292 e. The summed E-state index contributed by atoms with van der Waals surface area (Å²) < 4.78 is 0. The molecule has 2 atom stereocenters. The molecule has 1 aromatic rings. The molecule has 1 aliphatic carbocycles. The summed E-state index contributed by atoms with van der Waals surface area (Å²) in [6.45, 7) is 2.16. The molecule has 1 fully saturated rings. The molecule has 3 N–H and O–H groups in total. The summed E-state index contributed by atoms with van der Waals surface area (Å²) in [5.74, 6) is 0.393. The van der Waals surface area contributed by atoms with Crippen LogP contribution in [0.15, 0.2) is 18.2 Å². The van der Waals surface area contributed by atoms with Crippen LogP contribution in [-0.2, 0) is 0 Å². The van der Waals surface area contributed by atoms with Crippen LogP contribution in [0, 0.1) is 16.0 Å². The molecule has 0 heterocycles. The van der Waals surface area contributed by atoms with E-state index >= 15 is 0 Å². The quantitative estimate of drug-likeness (QED) is 0.506. The number of nitro benzene ring substituents is 1. The number of hydrogen-bond acceptors (Lipinski definition) is 4. The van der Waals surface area contributed by atoms with Crippen molar-refractivity contribution < 1.29 is 9.72 Å². The van der Waals surface area contributed by atoms with E-state index in [9.17, 15) is 14.9 Å². The maximum atomic E-state index is 12.2. The predicted molar refractivity (Wildman–Crippen MR) is 81.0 cm³/mol. The predicted octanol–water partition coefficient (Wildman–Crippen LogP) is 2.88. The fourth-order valence-electron chi connectivity index (χ4n) is 2.90. The van der Waals surface area contributed by atoms with Gasteiger partial charge in [0, 0.05) is 17.7 Å². The van der Waals surface area contributed by atoms with Crippen LogP contribution in [-0.4, -0.2) is 16.9 Å². The van der Waals surface area contributed by atoms with Crippen LogP contribution >= 0.6 is 0 Å². The first-order valence-corrected chi connectivity index (χ1v) is 7.36. The molecule has 21 heavy (non-hydrogen) atoms. The Bertz CT molecular complexity index is 545. The molecule has 0 saturated heterocycles. The molecule has 0 radical (unpaired) electrons. The van der Waals surface area contributed by atoms with Crippen molar-refractivity contribution in [2.45, 2.75) is 45.1 Å². The number of nitro groups is 1. The third kappa shape index (κ3) is 3.71. The molecule has 6 heteroatoms. The van der Waals surface area contributed by atoms with E-state index in [2.05, 4.69) is 12.2 Å². The van der Waals surface area contributed by atoms with Gasteiger partial charge in [-0.05, 0) is 30.9 Å². The van der Waals surface area contributed by atoms with Crippen LogP contribution in [0.4, 0.5) is 11.4 Å². The number of benzene rings is 1. The number of anilines is 1. The lowest BCUT2D eigenvalue weighted by Crippen LogP contribution is -2.38. The first-order chi connectivity index (χ1) is 10.0. The molecule has 2 rings (SSSR count). The fraction of sp³-hybridized carbons (Fsp3) is 0.533. The van der Waals surface area contributed by atoms with Crippen LogP contribution in [0.1, 0.15) is 49.4 Å². The first-order valence-electron chi connectivity index (χ1n) is 7.36. The summed E-state index contributed by atoms with van der Waals surface area (Å²) in [6.07, 6.45) is 5.42. The highest BCUT2D eigenvalue weighted by Crippen LogP contribution is 2.27. The maximum Gasteiger partial charge on any atom is 0.292 e. The summed E-state index contributed by atoms with van der Waals surface area (Å²) in [7, 11) is 0. The standard InChI is InChI=1S/C15H21N3O3/c1-2-10-4-3-5-12(8-10)17-15(19)11-6-7-13(16)14(9-11)18(20)21/h6-7,9-10,12H,2-5,8,16H2,1H3,(H,17,19). The van der Waals surface area contributed by atoms with Crippen LogP contribution in [0.2, 0.25) is 0 Å². The molecule has 1 saturated carbocycles. The second-order valence-corrected chi connectivity index (χ2v) is 5.64. The molecule has 114 valence electrons.